The quantitative estimate of drug-likeness (QED) is 0.412. The third kappa shape index (κ3) is 2.95. The number of carbonyl (C=O) groups excluding carboxylic acids is 1. The maximum Gasteiger partial charge on any atom is 0.351 e. The summed E-state index contributed by atoms with van der Waals surface area (Å²) in [5, 5.41) is 0.711. The molecule has 1 heterocycles. The summed E-state index contributed by atoms with van der Waals surface area (Å²) in [5.74, 6) is -0.228. The smallest absolute Gasteiger partial charge is 0.351 e. The molecule has 3 aromatic rings. The second-order valence-electron chi connectivity index (χ2n) is 5.78. The average molecular weight is 322 g/mol. The summed E-state index contributed by atoms with van der Waals surface area (Å²) in [5.41, 5.74) is 2.44. The molecular weight excluding hydrogens is 304 g/mol. The molecule has 24 heavy (non-hydrogen) atoms. The van der Waals surface area contributed by atoms with Crippen molar-refractivity contribution in [1.82, 2.24) is 0 Å². The van der Waals surface area contributed by atoms with Crippen molar-refractivity contribution in [3.8, 4) is 5.75 Å². The molecule has 0 aliphatic rings. The molecule has 3 rings (SSSR count). The second kappa shape index (κ2) is 6.32. The van der Waals surface area contributed by atoms with Crippen molar-refractivity contribution < 1.29 is 13.9 Å². The van der Waals surface area contributed by atoms with E-state index in [0.29, 0.717) is 16.7 Å². The first kappa shape index (κ1) is 16.0. The van der Waals surface area contributed by atoms with Crippen molar-refractivity contribution in [2.75, 3.05) is 0 Å². The fourth-order valence-corrected chi connectivity index (χ4v) is 2.64. The summed E-state index contributed by atoms with van der Waals surface area (Å²) in [6.07, 6.45) is 0.858. The fraction of sp³-hybridized carbons (Fsp3) is 0.200. The minimum Gasteiger partial charge on any atom is -0.422 e. The molecule has 0 saturated carbocycles. The van der Waals surface area contributed by atoms with Crippen LogP contribution < -0.4 is 10.4 Å². The Labute approximate surface area is 139 Å². The first-order valence-corrected chi connectivity index (χ1v) is 7.84. The van der Waals surface area contributed by atoms with Crippen LogP contribution in [0.15, 0.2) is 51.7 Å². The van der Waals surface area contributed by atoms with Gasteiger partial charge >= 0.3 is 11.6 Å². The first-order valence-electron chi connectivity index (χ1n) is 7.84. The van der Waals surface area contributed by atoms with Crippen molar-refractivity contribution in [3.05, 3.63) is 75.1 Å². The number of carbonyl (C=O) groups is 1. The number of benzene rings is 2. The van der Waals surface area contributed by atoms with Gasteiger partial charge in [-0.2, -0.15) is 0 Å². The Bertz CT molecular complexity index is 962. The predicted octanol–water partition coefficient (Wildman–Crippen LogP) is 4.19. The molecule has 0 spiro atoms. The molecule has 0 aliphatic carbocycles. The van der Waals surface area contributed by atoms with Crippen molar-refractivity contribution in [3.63, 3.8) is 0 Å². The topological polar surface area (TPSA) is 56.5 Å². The van der Waals surface area contributed by atoms with Crippen molar-refractivity contribution in [2.24, 2.45) is 0 Å². The zero-order chi connectivity index (χ0) is 17.3. The Morgan fingerprint density at radius 1 is 1.08 bits per heavy atom. The molecule has 4 nitrogen and oxygen atoms in total. The molecule has 0 aliphatic heterocycles. The molecule has 0 fully saturated rings. The maximum absolute atomic E-state index is 12.5. The van der Waals surface area contributed by atoms with Gasteiger partial charge in [-0.25, -0.2) is 9.59 Å². The van der Waals surface area contributed by atoms with Gasteiger partial charge in [0.1, 0.15) is 16.9 Å². The summed E-state index contributed by atoms with van der Waals surface area (Å²) in [6, 6.07) is 12.7. The van der Waals surface area contributed by atoms with E-state index in [1.807, 2.05) is 51.1 Å². The Morgan fingerprint density at radius 3 is 2.46 bits per heavy atom. The normalized spacial score (nSPS) is 10.8. The fourth-order valence-electron chi connectivity index (χ4n) is 2.64. The van der Waals surface area contributed by atoms with Crippen LogP contribution in [0.25, 0.3) is 11.0 Å². The average Bonchev–Trinajstić information content (AvgIpc) is 2.57. The van der Waals surface area contributed by atoms with E-state index < -0.39 is 11.6 Å². The number of para-hydroxylation sites is 1. The zero-order valence-corrected chi connectivity index (χ0v) is 13.9. The van der Waals surface area contributed by atoms with Gasteiger partial charge in [0.15, 0.2) is 0 Å². The molecule has 0 radical (unpaired) electrons. The maximum atomic E-state index is 12.5. The molecule has 0 atom stereocenters. The minimum atomic E-state index is -0.704. The number of esters is 1. The van der Waals surface area contributed by atoms with Gasteiger partial charge in [0, 0.05) is 5.39 Å². The van der Waals surface area contributed by atoms with Crippen molar-refractivity contribution in [2.45, 2.75) is 27.2 Å². The third-order valence-electron chi connectivity index (χ3n) is 4.03. The highest BCUT2D eigenvalue weighted by Gasteiger charge is 2.18. The highest BCUT2D eigenvalue weighted by molar-refractivity contribution is 5.94. The molecule has 0 saturated heterocycles. The first-order chi connectivity index (χ1) is 11.5. The number of aryl methyl sites for hydroxylation is 3. The molecular formula is C20H18O4. The van der Waals surface area contributed by atoms with Crippen LogP contribution in [0.2, 0.25) is 0 Å². The van der Waals surface area contributed by atoms with E-state index in [1.54, 1.807) is 6.07 Å². The number of hydrogen-bond donors (Lipinski definition) is 0. The Balaban J connectivity index is 2.03. The molecule has 0 bridgehead atoms. The van der Waals surface area contributed by atoms with E-state index in [-0.39, 0.29) is 5.56 Å². The van der Waals surface area contributed by atoms with Gasteiger partial charge in [-0.15, -0.1) is 0 Å². The van der Waals surface area contributed by atoms with Gasteiger partial charge in [-0.1, -0.05) is 31.2 Å². The van der Waals surface area contributed by atoms with Gasteiger partial charge in [-0.05, 0) is 55.2 Å². The van der Waals surface area contributed by atoms with Gasteiger partial charge in [0.2, 0.25) is 0 Å². The van der Waals surface area contributed by atoms with Crippen LogP contribution in [-0.4, -0.2) is 5.97 Å². The number of rotatable bonds is 3. The van der Waals surface area contributed by atoms with E-state index in [1.165, 1.54) is 6.07 Å². The molecule has 0 amide bonds. The molecule has 0 N–H and O–H groups in total. The minimum absolute atomic E-state index is 0.0987. The van der Waals surface area contributed by atoms with E-state index >= 15 is 0 Å². The van der Waals surface area contributed by atoms with Crippen molar-refractivity contribution >= 4 is 16.9 Å². The van der Waals surface area contributed by atoms with Crippen LogP contribution in [0, 0.1) is 13.8 Å². The molecule has 0 unspecified atom stereocenters. The van der Waals surface area contributed by atoms with Gasteiger partial charge < -0.3 is 9.15 Å². The van der Waals surface area contributed by atoms with Crippen LogP contribution in [-0.2, 0) is 6.42 Å². The highest BCUT2D eigenvalue weighted by Crippen LogP contribution is 2.24. The predicted molar refractivity (Wildman–Crippen MR) is 92.7 cm³/mol. The van der Waals surface area contributed by atoms with Crippen LogP contribution >= 0.6 is 0 Å². The van der Waals surface area contributed by atoms with Gasteiger partial charge in [-0.3, -0.25) is 0 Å². The van der Waals surface area contributed by atoms with Gasteiger partial charge in [0.25, 0.3) is 0 Å². The van der Waals surface area contributed by atoms with Crippen molar-refractivity contribution in [1.29, 1.82) is 0 Å². The lowest BCUT2D eigenvalue weighted by atomic mass is 10.1. The summed E-state index contributed by atoms with van der Waals surface area (Å²) >= 11 is 0. The van der Waals surface area contributed by atoms with Crippen LogP contribution in [0.5, 0.6) is 5.75 Å². The third-order valence-corrected chi connectivity index (χ3v) is 4.03. The molecule has 4 heteroatoms. The van der Waals surface area contributed by atoms with E-state index in [4.69, 9.17) is 9.15 Å². The number of hydrogen-bond acceptors (Lipinski definition) is 4. The number of ether oxygens (including phenoxy) is 1. The molecule has 1 aromatic heterocycles. The summed E-state index contributed by atoms with van der Waals surface area (Å²) in [4.78, 5) is 24.6. The molecule has 2 aromatic carbocycles. The standard InChI is InChI=1S/C20H18O4/c1-4-14-8-9-17-15(10-14)11-16(19(21)23-17)20(22)24-18-12(2)6-5-7-13(18)3/h5-11H,4H2,1-3H3. The van der Waals surface area contributed by atoms with Crippen LogP contribution in [0.1, 0.15) is 34.0 Å². The second-order valence-corrected chi connectivity index (χ2v) is 5.78. The summed E-state index contributed by atoms with van der Waals surface area (Å²) < 4.78 is 10.7. The van der Waals surface area contributed by atoms with E-state index in [9.17, 15) is 9.59 Å². The lowest BCUT2D eigenvalue weighted by molar-refractivity contribution is 0.0728. The largest absolute Gasteiger partial charge is 0.422 e. The zero-order valence-electron chi connectivity index (χ0n) is 13.9. The highest BCUT2D eigenvalue weighted by atomic mass is 16.5. The van der Waals surface area contributed by atoms with E-state index in [2.05, 4.69) is 0 Å². The Kier molecular flexibility index (Phi) is 4.21. The van der Waals surface area contributed by atoms with Crippen LogP contribution in [0.4, 0.5) is 0 Å². The van der Waals surface area contributed by atoms with E-state index in [0.717, 1.165) is 23.1 Å². The Morgan fingerprint density at radius 2 is 1.79 bits per heavy atom. The summed E-state index contributed by atoms with van der Waals surface area (Å²) in [7, 11) is 0. The molecule has 122 valence electrons. The van der Waals surface area contributed by atoms with Crippen LogP contribution in [0.3, 0.4) is 0 Å². The lowest BCUT2D eigenvalue weighted by Crippen LogP contribution is -2.19. The monoisotopic (exact) mass is 322 g/mol. The number of fused-ring (bicyclic) bond motifs is 1. The SMILES string of the molecule is CCc1ccc2oc(=O)c(C(=O)Oc3c(C)cccc3C)cc2c1. The lowest BCUT2D eigenvalue weighted by Gasteiger charge is -2.10. The summed E-state index contributed by atoms with van der Waals surface area (Å²) in [6.45, 7) is 5.74. The Hall–Kier alpha value is -2.88. The van der Waals surface area contributed by atoms with Gasteiger partial charge in [0.05, 0.1) is 0 Å².